The average molecular weight is 232 g/mol. The van der Waals surface area contributed by atoms with Crippen LogP contribution in [0.15, 0.2) is 18.6 Å². The maximum atomic E-state index is 5.17. The van der Waals surface area contributed by atoms with Gasteiger partial charge in [0.25, 0.3) is 0 Å². The highest BCUT2D eigenvalue weighted by molar-refractivity contribution is 5.23. The molecule has 0 aromatic carbocycles. The monoisotopic (exact) mass is 232 g/mol. The minimum atomic E-state index is 0.429. The molecule has 0 saturated carbocycles. The van der Waals surface area contributed by atoms with Crippen molar-refractivity contribution >= 4 is 0 Å². The highest BCUT2D eigenvalue weighted by atomic mass is 16.5. The summed E-state index contributed by atoms with van der Waals surface area (Å²) in [5, 5.41) is 8.73. The molecule has 5 nitrogen and oxygen atoms in total. The van der Waals surface area contributed by atoms with Gasteiger partial charge in [0.2, 0.25) is 0 Å². The highest BCUT2D eigenvalue weighted by Crippen LogP contribution is 2.18. The molecule has 0 spiro atoms. The van der Waals surface area contributed by atoms with Crippen LogP contribution in [0.1, 0.15) is 22.9 Å². The van der Waals surface area contributed by atoms with Crippen LogP contribution in [0.3, 0.4) is 0 Å². The Bertz CT molecular complexity index is 524. The van der Waals surface area contributed by atoms with Gasteiger partial charge in [0.05, 0.1) is 31.1 Å². The minimum absolute atomic E-state index is 0.429. The Morgan fingerprint density at radius 1 is 1.41 bits per heavy atom. The molecule has 3 rings (SSSR count). The summed E-state index contributed by atoms with van der Waals surface area (Å²) in [7, 11) is 1.95. The standard InChI is InChI=1S/C12H16N4O/c1-9-11(6-15(2)14-9)3-10-4-13-16(5-10)12-7-17-8-12/h4-6,12H,3,7-8H2,1-2H3. The van der Waals surface area contributed by atoms with Crippen molar-refractivity contribution in [2.24, 2.45) is 7.05 Å². The molecule has 1 aliphatic rings. The molecule has 0 amide bonds. The number of ether oxygens (including phenoxy) is 1. The van der Waals surface area contributed by atoms with Crippen LogP contribution in [0.2, 0.25) is 0 Å². The summed E-state index contributed by atoms with van der Waals surface area (Å²) in [6.45, 7) is 3.61. The highest BCUT2D eigenvalue weighted by Gasteiger charge is 2.21. The lowest BCUT2D eigenvalue weighted by molar-refractivity contribution is -0.0286. The van der Waals surface area contributed by atoms with E-state index in [4.69, 9.17) is 4.74 Å². The Hall–Kier alpha value is -1.62. The number of nitrogens with zero attached hydrogens (tertiary/aromatic N) is 4. The van der Waals surface area contributed by atoms with E-state index in [1.165, 1.54) is 11.1 Å². The smallest absolute Gasteiger partial charge is 0.0985 e. The maximum Gasteiger partial charge on any atom is 0.0985 e. The van der Waals surface area contributed by atoms with Crippen molar-refractivity contribution in [3.05, 3.63) is 35.4 Å². The Morgan fingerprint density at radius 2 is 2.24 bits per heavy atom. The van der Waals surface area contributed by atoms with Crippen LogP contribution in [0.4, 0.5) is 0 Å². The van der Waals surface area contributed by atoms with Gasteiger partial charge in [-0.2, -0.15) is 10.2 Å². The zero-order chi connectivity index (χ0) is 11.8. The average Bonchev–Trinajstić information content (AvgIpc) is 2.73. The normalized spacial score (nSPS) is 16.1. The quantitative estimate of drug-likeness (QED) is 0.795. The van der Waals surface area contributed by atoms with Gasteiger partial charge in [0, 0.05) is 25.9 Å². The summed E-state index contributed by atoms with van der Waals surface area (Å²) in [6.07, 6.45) is 7.01. The van der Waals surface area contributed by atoms with Gasteiger partial charge in [0.1, 0.15) is 0 Å². The molecule has 1 saturated heterocycles. The summed E-state index contributed by atoms with van der Waals surface area (Å²) < 4.78 is 9.03. The lowest BCUT2D eigenvalue weighted by Crippen LogP contribution is -2.30. The second kappa shape index (κ2) is 4.00. The molecule has 3 heterocycles. The van der Waals surface area contributed by atoms with Gasteiger partial charge in [0.15, 0.2) is 0 Å². The molecule has 1 aliphatic heterocycles. The van der Waals surface area contributed by atoms with E-state index in [-0.39, 0.29) is 0 Å². The van der Waals surface area contributed by atoms with Gasteiger partial charge in [-0.3, -0.25) is 9.36 Å². The summed E-state index contributed by atoms with van der Waals surface area (Å²) in [6, 6.07) is 0.429. The van der Waals surface area contributed by atoms with Crippen molar-refractivity contribution in [3.8, 4) is 0 Å². The molecule has 2 aromatic rings. The SMILES string of the molecule is Cc1nn(C)cc1Cc1cnn(C2COC2)c1. The predicted octanol–water partition coefficient (Wildman–Crippen LogP) is 1.09. The molecule has 2 aromatic heterocycles. The van der Waals surface area contributed by atoms with E-state index in [9.17, 15) is 0 Å². The first kappa shape index (κ1) is 10.5. The van der Waals surface area contributed by atoms with E-state index in [2.05, 4.69) is 22.6 Å². The number of rotatable bonds is 3. The van der Waals surface area contributed by atoms with Gasteiger partial charge in [-0.1, -0.05) is 0 Å². The number of aryl methyl sites for hydroxylation is 2. The first-order valence-corrected chi connectivity index (χ1v) is 5.82. The van der Waals surface area contributed by atoms with Crippen molar-refractivity contribution in [3.63, 3.8) is 0 Å². The van der Waals surface area contributed by atoms with Crippen molar-refractivity contribution in [1.82, 2.24) is 19.6 Å². The summed E-state index contributed by atoms with van der Waals surface area (Å²) in [5.74, 6) is 0. The van der Waals surface area contributed by atoms with Crippen LogP contribution in [-0.2, 0) is 18.2 Å². The molecule has 0 atom stereocenters. The first-order chi connectivity index (χ1) is 8.22. The van der Waals surface area contributed by atoms with E-state index in [1.807, 2.05) is 29.5 Å². The third-order valence-corrected chi connectivity index (χ3v) is 3.16. The van der Waals surface area contributed by atoms with Crippen LogP contribution in [0.25, 0.3) is 0 Å². The van der Waals surface area contributed by atoms with E-state index in [0.29, 0.717) is 6.04 Å². The molecule has 17 heavy (non-hydrogen) atoms. The number of hydrogen-bond acceptors (Lipinski definition) is 3. The van der Waals surface area contributed by atoms with Gasteiger partial charge >= 0.3 is 0 Å². The Balaban J connectivity index is 1.76. The summed E-state index contributed by atoms with van der Waals surface area (Å²) >= 11 is 0. The van der Waals surface area contributed by atoms with E-state index >= 15 is 0 Å². The van der Waals surface area contributed by atoms with Gasteiger partial charge in [-0.25, -0.2) is 0 Å². The van der Waals surface area contributed by atoms with Crippen LogP contribution in [-0.4, -0.2) is 32.8 Å². The van der Waals surface area contributed by atoms with E-state index < -0.39 is 0 Å². The number of hydrogen-bond donors (Lipinski definition) is 0. The lowest BCUT2D eigenvalue weighted by Gasteiger charge is -2.25. The second-order valence-electron chi connectivity index (χ2n) is 4.61. The third kappa shape index (κ3) is 1.98. The molecule has 5 heteroatoms. The molecule has 0 radical (unpaired) electrons. The van der Waals surface area contributed by atoms with Crippen LogP contribution >= 0.6 is 0 Å². The molecule has 0 N–H and O–H groups in total. The summed E-state index contributed by atoms with van der Waals surface area (Å²) in [5.41, 5.74) is 3.58. The molecule has 90 valence electrons. The fourth-order valence-corrected chi connectivity index (χ4v) is 2.09. The zero-order valence-electron chi connectivity index (χ0n) is 10.1. The summed E-state index contributed by atoms with van der Waals surface area (Å²) in [4.78, 5) is 0. The largest absolute Gasteiger partial charge is 0.377 e. The fraction of sp³-hybridized carbons (Fsp3) is 0.500. The van der Waals surface area contributed by atoms with Crippen LogP contribution in [0.5, 0.6) is 0 Å². The lowest BCUT2D eigenvalue weighted by atomic mass is 10.1. The fourth-order valence-electron chi connectivity index (χ4n) is 2.09. The van der Waals surface area contributed by atoms with Crippen molar-refractivity contribution < 1.29 is 4.74 Å². The topological polar surface area (TPSA) is 44.9 Å². The minimum Gasteiger partial charge on any atom is -0.377 e. The third-order valence-electron chi connectivity index (χ3n) is 3.16. The zero-order valence-corrected chi connectivity index (χ0v) is 10.1. The van der Waals surface area contributed by atoms with Crippen molar-refractivity contribution in [2.75, 3.05) is 13.2 Å². The molecular weight excluding hydrogens is 216 g/mol. The van der Waals surface area contributed by atoms with Crippen molar-refractivity contribution in [1.29, 1.82) is 0 Å². The van der Waals surface area contributed by atoms with Crippen LogP contribution < -0.4 is 0 Å². The molecule has 0 bridgehead atoms. The van der Waals surface area contributed by atoms with Gasteiger partial charge in [-0.15, -0.1) is 0 Å². The number of aromatic nitrogens is 4. The van der Waals surface area contributed by atoms with Crippen LogP contribution in [0, 0.1) is 6.92 Å². The van der Waals surface area contributed by atoms with Gasteiger partial charge in [-0.05, 0) is 18.1 Å². The first-order valence-electron chi connectivity index (χ1n) is 5.82. The van der Waals surface area contributed by atoms with Gasteiger partial charge < -0.3 is 4.74 Å². The van der Waals surface area contributed by atoms with E-state index in [1.54, 1.807) is 0 Å². The van der Waals surface area contributed by atoms with Crippen molar-refractivity contribution in [2.45, 2.75) is 19.4 Å². The maximum absolute atomic E-state index is 5.17. The molecular formula is C12H16N4O. The second-order valence-corrected chi connectivity index (χ2v) is 4.61. The molecule has 1 fully saturated rings. The Kier molecular flexibility index (Phi) is 2.48. The molecule has 0 aliphatic carbocycles. The van der Waals surface area contributed by atoms with E-state index in [0.717, 1.165) is 25.3 Å². The molecule has 0 unspecified atom stereocenters. The Morgan fingerprint density at radius 3 is 2.82 bits per heavy atom. The Labute approximate surface area is 100 Å². The predicted molar refractivity (Wildman–Crippen MR) is 62.8 cm³/mol.